The number of hydrogen-bond acceptors (Lipinski definition) is 7. The molecule has 1 aromatic carbocycles. The first kappa shape index (κ1) is 21.5. The number of benzene rings is 1. The summed E-state index contributed by atoms with van der Waals surface area (Å²) in [4.78, 5) is 12.2. The molecule has 1 saturated heterocycles. The fourth-order valence-electron chi connectivity index (χ4n) is 2.75. The Morgan fingerprint density at radius 2 is 1.69 bits per heavy atom. The summed E-state index contributed by atoms with van der Waals surface area (Å²) < 4.78 is 59.1. The minimum Gasteiger partial charge on any atom is -0.438 e. The number of ether oxygens (including phenoxy) is 1. The topological polar surface area (TPSA) is 149 Å². The molecule has 10 nitrogen and oxygen atoms in total. The summed E-state index contributed by atoms with van der Waals surface area (Å²) in [6.45, 7) is 1.33. The van der Waals surface area contributed by atoms with Crippen LogP contribution in [-0.2, 0) is 31.2 Å². The number of nitrogens with zero attached hydrogens (tertiary/aromatic N) is 1. The van der Waals surface area contributed by atoms with Crippen molar-refractivity contribution in [2.24, 2.45) is 5.14 Å². The van der Waals surface area contributed by atoms with E-state index >= 15 is 0 Å². The van der Waals surface area contributed by atoms with Gasteiger partial charge >= 0.3 is 0 Å². The summed E-state index contributed by atoms with van der Waals surface area (Å²) in [5, 5.41) is 7.39. The van der Waals surface area contributed by atoms with E-state index in [9.17, 15) is 21.6 Å². The van der Waals surface area contributed by atoms with E-state index in [1.165, 1.54) is 28.6 Å². The van der Waals surface area contributed by atoms with Gasteiger partial charge in [0, 0.05) is 19.6 Å². The maximum absolute atomic E-state index is 12.5. The van der Waals surface area contributed by atoms with Crippen LogP contribution in [0.4, 0.5) is 0 Å². The Morgan fingerprint density at radius 1 is 1.03 bits per heavy atom. The molecule has 1 aromatic heterocycles. The lowest BCUT2D eigenvalue weighted by molar-refractivity contribution is 0.0722. The van der Waals surface area contributed by atoms with Crippen molar-refractivity contribution >= 4 is 26.0 Å². The van der Waals surface area contributed by atoms with Crippen molar-refractivity contribution in [3.63, 3.8) is 0 Å². The Balaban J connectivity index is 1.56. The number of carbonyl (C=O) groups is 1. The molecule has 0 atom stereocenters. The maximum atomic E-state index is 12.5. The molecule has 158 valence electrons. The molecular formula is C17H21N3O7S2. The van der Waals surface area contributed by atoms with Crippen LogP contribution in [-0.4, -0.2) is 59.9 Å². The molecule has 1 fully saturated rings. The van der Waals surface area contributed by atoms with E-state index in [0.717, 1.165) is 5.56 Å². The van der Waals surface area contributed by atoms with Crippen molar-refractivity contribution in [3.8, 4) is 0 Å². The number of hydrogen-bond donors (Lipinski definition) is 2. The first-order valence-electron chi connectivity index (χ1n) is 8.75. The van der Waals surface area contributed by atoms with Crippen LogP contribution in [0.2, 0.25) is 0 Å². The van der Waals surface area contributed by atoms with Crippen molar-refractivity contribution in [1.82, 2.24) is 9.62 Å². The second-order valence-electron chi connectivity index (χ2n) is 6.33. The first-order valence-corrected chi connectivity index (χ1v) is 11.7. The number of rotatable bonds is 7. The number of nitrogens with one attached hydrogen (secondary N) is 1. The number of furan rings is 1. The molecule has 0 aliphatic carbocycles. The highest BCUT2D eigenvalue weighted by Crippen LogP contribution is 2.20. The molecular weight excluding hydrogens is 422 g/mol. The fraction of sp³-hybridized carbons (Fsp3) is 0.353. The van der Waals surface area contributed by atoms with Crippen molar-refractivity contribution in [1.29, 1.82) is 0 Å². The first-order chi connectivity index (χ1) is 13.7. The summed E-state index contributed by atoms with van der Waals surface area (Å²) >= 11 is 0. The molecule has 3 N–H and O–H groups in total. The molecule has 0 unspecified atom stereocenters. The van der Waals surface area contributed by atoms with Gasteiger partial charge in [-0.2, -0.15) is 4.31 Å². The van der Waals surface area contributed by atoms with Gasteiger partial charge in [-0.25, -0.2) is 22.0 Å². The molecule has 12 heteroatoms. The standard InChI is InChI=1S/C17H21N3O7S2/c18-28(22,23)14-3-1-13(2-4-14)7-8-19-17(21)15-5-6-16(27-15)29(24,25)20-9-11-26-12-10-20/h1-6H,7-12H2,(H,19,21)(H2,18,22,23). The number of carbonyl (C=O) groups excluding carboxylic acids is 1. The Morgan fingerprint density at radius 3 is 2.31 bits per heavy atom. The van der Waals surface area contributed by atoms with Gasteiger partial charge in [0.2, 0.25) is 15.1 Å². The normalized spacial score (nSPS) is 15.9. The van der Waals surface area contributed by atoms with Gasteiger partial charge < -0.3 is 14.5 Å². The van der Waals surface area contributed by atoms with Gasteiger partial charge in [0.1, 0.15) is 0 Å². The highest BCUT2D eigenvalue weighted by atomic mass is 32.2. The third kappa shape index (κ3) is 5.22. The van der Waals surface area contributed by atoms with Crippen LogP contribution in [0.15, 0.2) is 50.8 Å². The Hall–Kier alpha value is -2.25. The van der Waals surface area contributed by atoms with Gasteiger partial charge in [0.05, 0.1) is 18.1 Å². The zero-order chi connectivity index (χ0) is 21.1. The average Bonchev–Trinajstić information content (AvgIpc) is 3.19. The molecule has 1 aliphatic heterocycles. The van der Waals surface area contributed by atoms with E-state index in [-0.39, 0.29) is 35.4 Å². The van der Waals surface area contributed by atoms with Crippen LogP contribution in [0.1, 0.15) is 16.1 Å². The molecule has 0 bridgehead atoms. The van der Waals surface area contributed by atoms with Crippen LogP contribution in [0.25, 0.3) is 0 Å². The van der Waals surface area contributed by atoms with Crippen molar-refractivity contribution in [3.05, 3.63) is 47.7 Å². The summed E-state index contributed by atoms with van der Waals surface area (Å²) in [6, 6.07) is 8.55. The van der Waals surface area contributed by atoms with Crippen LogP contribution < -0.4 is 10.5 Å². The lowest BCUT2D eigenvalue weighted by atomic mass is 10.1. The van der Waals surface area contributed by atoms with Crippen molar-refractivity contribution in [2.75, 3.05) is 32.8 Å². The third-order valence-electron chi connectivity index (χ3n) is 4.32. The largest absolute Gasteiger partial charge is 0.438 e. The zero-order valence-corrected chi connectivity index (χ0v) is 17.0. The minimum absolute atomic E-state index is 0.00915. The number of primary sulfonamides is 1. The van der Waals surface area contributed by atoms with Crippen molar-refractivity contribution in [2.45, 2.75) is 16.4 Å². The average molecular weight is 444 g/mol. The van der Waals surface area contributed by atoms with Crippen LogP contribution in [0.3, 0.4) is 0 Å². The zero-order valence-electron chi connectivity index (χ0n) is 15.4. The van der Waals surface area contributed by atoms with E-state index in [2.05, 4.69) is 5.32 Å². The molecule has 3 rings (SSSR count). The molecule has 1 aliphatic rings. The Kier molecular flexibility index (Phi) is 6.39. The van der Waals surface area contributed by atoms with Gasteiger partial charge in [-0.1, -0.05) is 12.1 Å². The Labute approximate surface area is 168 Å². The van der Waals surface area contributed by atoms with E-state index in [0.29, 0.717) is 19.6 Å². The van der Waals surface area contributed by atoms with Gasteiger partial charge in [-0.05, 0) is 36.2 Å². The van der Waals surface area contributed by atoms with Crippen LogP contribution in [0, 0.1) is 0 Å². The summed E-state index contributed by atoms with van der Waals surface area (Å²) in [7, 11) is -7.56. The highest BCUT2D eigenvalue weighted by molar-refractivity contribution is 7.89. The van der Waals surface area contributed by atoms with Gasteiger partial charge in [0.15, 0.2) is 5.76 Å². The lowest BCUT2D eigenvalue weighted by Crippen LogP contribution is -2.40. The van der Waals surface area contributed by atoms with Gasteiger partial charge in [-0.15, -0.1) is 0 Å². The molecule has 0 spiro atoms. The van der Waals surface area contributed by atoms with Gasteiger partial charge in [0.25, 0.3) is 15.9 Å². The van der Waals surface area contributed by atoms with E-state index in [1.807, 2.05) is 0 Å². The smallest absolute Gasteiger partial charge is 0.287 e. The predicted octanol–water partition coefficient (Wildman–Crippen LogP) is -0.0796. The summed E-state index contributed by atoms with van der Waals surface area (Å²) in [6.07, 6.45) is 0.441. The van der Waals surface area contributed by atoms with Gasteiger partial charge in [-0.3, -0.25) is 4.79 Å². The molecule has 1 amide bonds. The maximum Gasteiger partial charge on any atom is 0.287 e. The Bertz CT molecular complexity index is 1070. The molecule has 0 saturated carbocycles. The highest BCUT2D eigenvalue weighted by Gasteiger charge is 2.30. The summed E-state index contributed by atoms with van der Waals surface area (Å²) in [5.74, 6) is -0.656. The number of sulfonamides is 2. The fourth-order valence-corrected chi connectivity index (χ4v) is 4.58. The van der Waals surface area contributed by atoms with E-state index in [1.54, 1.807) is 12.1 Å². The third-order valence-corrected chi connectivity index (χ3v) is 7.02. The SMILES string of the molecule is NS(=O)(=O)c1ccc(CCNC(=O)c2ccc(S(=O)(=O)N3CCOCC3)o2)cc1. The minimum atomic E-state index is -3.81. The monoisotopic (exact) mass is 443 g/mol. The second-order valence-corrected chi connectivity index (χ2v) is 9.76. The van der Waals surface area contributed by atoms with Crippen molar-refractivity contribution < 1.29 is 30.8 Å². The van der Waals surface area contributed by atoms with E-state index in [4.69, 9.17) is 14.3 Å². The number of amides is 1. The molecule has 2 heterocycles. The quantitative estimate of drug-likeness (QED) is 0.608. The predicted molar refractivity (Wildman–Crippen MR) is 102 cm³/mol. The van der Waals surface area contributed by atoms with E-state index < -0.39 is 26.0 Å². The molecule has 0 radical (unpaired) electrons. The van der Waals surface area contributed by atoms with Crippen LogP contribution in [0.5, 0.6) is 0 Å². The lowest BCUT2D eigenvalue weighted by Gasteiger charge is -2.24. The number of morpholine rings is 1. The second kappa shape index (κ2) is 8.63. The number of nitrogens with two attached hydrogens (primary N) is 1. The molecule has 29 heavy (non-hydrogen) atoms. The summed E-state index contributed by atoms with van der Waals surface area (Å²) in [5.41, 5.74) is 0.799. The molecule has 2 aromatic rings. The van der Waals surface area contributed by atoms with Crippen LogP contribution >= 0.6 is 0 Å².